The maximum atomic E-state index is 12.6. The van der Waals surface area contributed by atoms with Gasteiger partial charge in [-0.15, -0.1) is 0 Å². The van der Waals surface area contributed by atoms with Crippen LogP contribution in [0.2, 0.25) is 0 Å². The van der Waals surface area contributed by atoms with Gasteiger partial charge in [0, 0.05) is 16.8 Å². The van der Waals surface area contributed by atoms with E-state index in [0.29, 0.717) is 0 Å². The van der Waals surface area contributed by atoms with Gasteiger partial charge in [-0.2, -0.15) is 0 Å². The minimum Gasteiger partial charge on any atom is -0.374 e. The summed E-state index contributed by atoms with van der Waals surface area (Å²) in [7, 11) is 0. The maximum absolute atomic E-state index is 12.6. The van der Waals surface area contributed by atoms with Crippen LogP contribution in [0.25, 0.3) is 10.8 Å². The first kappa shape index (κ1) is 16.1. The van der Waals surface area contributed by atoms with Crippen LogP contribution in [0.4, 0.5) is 11.4 Å². The quantitative estimate of drug-likeness (QED) is 0.718. The number of fused-ring (bicyclic) bond motifs is 1. The molecule has 0 fully saturated rings. The number of anilines is 2. The molecule has 0 aliphatic carbocycles. The summed E-state index contributed by atoms with van der Waals surface area (Å²) in [5, 5.41) is 8.51. The van der Waals surface area contributed by atoms with Crippen LogP contribution in [0, 0.1) is 13.8 Å². The average molecular weight is 318 g/mol. The Bertz CT molecular complexity index is 881. The molecule has 2 N–H and O–H groups in total. The van der Waals surface area contributed by atoms with E-state index < -0.39 is 0 Å². The van der Waals surface area contributed by atoms with E-state index in [1.165, 1.54) is 11.1 Å². The first-order valence-electron chi connectivity index (χ1n) is 8.17. The zero-order chi connectivity index (χ0) is 17.1. The lowest BCUT2D eigenvalue weighted by molar-refractivity contribution is -0.116. The van der Waals surface area contributed by atoms with E-state index in [4.69, 9.17) is 0 Å². The van der Waals surface area contributed by atoms with Gasteiger partial charge >= 0.3 is 0 Å². The van der Waals surface area contributed by atoms with Crippen molar-refractivity contribution in [2.45, 2.75) is 26.8 Å². The van der Waals surface area contributed by atoms with Crippen molar-refractivity contribution in [3.63, 3.8) is 0 Å². The first-order valence-corrected chi connectivity index (χ1v) is 8.17. The molecule has 3 rings (SSSR count). The summed E-state index contributed by atoms with van der Waals surface area (Å²) >= 11 is 0. The number of rotatable bonds is 4. The monoisotopic (exact) mass is 318 g/mol. The van der Waals surface area contributed by atoms with Gasteiger partial charge in [-0.05, 0) is 49.4 Å². The minimum atomic E-state index is -0.329. The number of amides is 1. The smallest absolute Gasteiger partial charge is 0.246 e. The van der Waals surface area contributed by atoms with E-state index in [1.807, 2.05) is 61.5 Å². The van der Waals surface area contributed by atoms with E-state index in [9.17, 15) is 4.79 Å². The molecule has 3 aromatic carbocycles. The van der Waals surface area contributed by atoms with Gasteiger partial charge in [0.2, 0.25) is 5.91 Å². The minimum absolute atomic E-state index is 0.0488. The third-order valence-corrected chi connectivity index (χ3v) is 4.42. The predicted molar refractivity (Wildman–Crippen MR) is 102 cm³/mol. The van der Waals surface area contributed by atoms with E-state index >= 15 is 0 Å². The topological polar surface area (TPSA) is 41.1 Å². The zero-order valence-electron chi connectivity index (χ0n) is 14.3. The summed E-state index contributed by atoms with van der Waals surface area (Å²) in [5.74, 6) is -0.0488. The highest BCUT2D eigenvalue weighted by Gasteiger charge is 2.15. The molecule has 24 heavy (non-hydrogen) atoms. The molecule has 1 atom stereocenters. The van der Waals surface area contributed by atoms with Gasteiger partial charge in [0.25, 0.3) is 0 Å². The molecule has 0 saturated heterocycles. The Morgan fingerprint density at radius 2 is 1.54 bits per heavy atom. The Morgan fingerprint density at radius 3 is 2.38 bits per heavy atom. The van der Waals surface area contributed by atoms with Gasteiger partial charge in [0.05, 0.1) is 0 Å². The van der Waals surface area contributed by atoms with Crippen molar-refractivity contribution in [2.75, 3.05) is 10.6 Å². The normalized spacial score (nSPS) is 12.0. The van der Waals surface area contributed by atoms with Gasteiger partial charge in [-0.25, -0.2) is 0 Å². The summed E-state index contributed by atoms with van der Waals surface area (Å²) in [5.41, 5.74) is 4.22. The number of carbonyl (C=O) groups is 1. The standard InChI is InChI=1S/C21H22N2O/c1-14-8-6-12-19(15(14)2)22-16(3)21(24)23-20-13-7-10-17-9-4-5-11-18(17)20/h4-13,16,22H,1-3H3,(H,23,24). The Balaban J connectivity index is 1.77. The molecule has 1 amide bonds. The fourth-order valence-corrected chi connectivity index (χ4v) is 2.78. The molecular formula is C21H22N2O. The van der Waals surface area contributed by atoms with Crippen LogP contribution in [-0.4, -0.2) is 11.9 Å². The second-order valence-electron chi connectivity index (χ2n) is 6.13. The Kier molecular flexibility index (Phi) is 4.52. The third kappa shape index (κ3) is 3.25. The van der Waals surface area contributed by atoms with Crippen molar-refractivity contribution in [2.24, 2.45) is 0 Å². The summed E-state index contributed by atoms with van der Waals surface area (Å²) < 4.78 is 0. The van der Waals surface area contributed by atoms with Crippen molar-refractivity contribution in [3.05, 3.63) is 71.8 Å². The Labute approximate surface area is 142 Å². The number of benzene rings is 3. The number of aryl methyl sites for hydroxylation is 1. The molecule has 3 aromatic rings. The molecule has 1 unspecified atom stereocenters. The predicted octanol–water partition coefficient (Wildman–Crippen LogP) is 4.90. The van der Waals surface area contributed by atoms with Crippen LogP contribution in [0.5, 0.6) is 0 Å². The second kappa shape index (κ2) is 6.75. The van der Waals surface area contributed by atoms with Crippen molar-refractivity contribution in [3.8, 4) is 0 Å². The van der Waals surface area contributed by atoms with Crippen molar-refractivity contribution < 1.29 is 4.79 Å². The Morgan fingerprint density at radius 1 is 0.875 bits per heavy atom. The molecular weight excluding hydrogens is 296 g/mol. The Hall–Kier alpha value is -2.81. The molecule has 3 heteroatoms. The highest BCUT2D eigenvalue weighted by molar-refractivity contribution is 6.04. The lowest BCUT2D eigenvalue weighted by Crippen LogP contribution is -2.32. The lowest BCUT2D eigenvalue weighted by Gasteiger charge is -2.18. The van der Waals surface area contributed by atoms with E-state index in [2.05, 4.69) is 30.5 Å². The number of nitrogens with one attached hydrogen (secondary N) is 2. The van der Waals surface area contributed by atoms with Crippen molar-refractivity contribution >= 4 is 28.1 Å². The molecule has 0 radical (unpaired) electrons. The van der Waals surface area contributed by atoms with Crippen molar-refractivity contribution in [1.29, 1.82) is 0 Å². The molecule has 3 nitrogen and oxygen atoms in total. The van der Waals surface area contributed by atoms with E-state index in [1.54, 1.807) is 0 Å². The average Bonchev–Trinajstić information content (AvgIpc) is 2.59. The fraction of sp³-hybridized carbons (Fsp3) is 0.190. The second-order valence-corrected chi connectivity index (χ2v) is 6.13. The van der Waals surface area contributed by atoms with Gasteiger partial charge in [-0.1, -0.05) is 48.5 Å². The molecule has 0 heterocycles. The molecule has 0 saturated carbocycles. The zero-order valence-corrected chi connectivity index (χ0v) is 14.3. The van der Waals surface area contributed by atoms with Crippen LogP contribution in [0.3, 0.4) is 0 Å². The van der Waals surface area contributed by atoms with Crippen LogP contribution in [0.15, 0.2) is 60.7 Å². The summed E-state index contributed by atoms with van der Waals surface area (Å²) in [6, 6.07) is 19.7. The summed E-state index contributed by atoms with van der Waals surface area (Å²) in [4.78, 5) is 12.6. The van der Waals surface area contributed by atoms with Crippen LogP contribution in [-0.2, 0) is 4.79 Å². The largest absolute Gasteiger partial charge is 0.374 e. The summed E-state index contributed by atoms with van der Waals surface area (Å²) in [6.07, 6.45) is 0. The van der Waals surface area contributed by atoms with Crippen LogP contribution >= 0.6 is 0 Å². The van der Waals surface area contributed by atoms with Gasteiger partial charge in [-0.3, -0.25) is 4.79 Å². The maximum Gasteiger partial charge on any atom is 0.246 e. The molecule has 0 spiro atoms. The SMILES string of the molecule is Cc1cccc(NC(C)C(=O)Nc2cccc3ccccc23)c1C. The molecule has 0 aromatic heterocycles. The lowest BCUT2D eigenvalue weighted by atomic mass is 10.1. The van der Waals surface area contributed by atoms with E-state index in [0.717, 1.165) is 22.1 Å². The third-order valence-electron chi connectivity index (χ3n) is 4.42. The highest BCUT2D eigenvalue weighted by Crippen LogP contribution is 2.24. The van der Waals surface area contributed by atoms with Gasteiger partial charge in [0.1, 0.15) is 6.04 Å². The number of carbonyl (C=O) groups excluding carboxylic acids is 1. The van der Waals surface area contributed by atoms with Crippen LogP contribution < -0.4 is 10.6 Å². The number of hydrogen-bond acceptors (Lipinski definition) is 2. The highest BCUT2D eigenvalue weighted by atomic mass is 16.2. The first-order chi connectivity index (χ1) is 11.6. The van der Waals surface area contributed by atoms with Crippen molar-refractivity contribution in [1.82, 2.24) is 0 Å². The molecule has 0 aliphatic heterocycles. The van der Waals surface area contributed by atoms with Gasteiger partial charge < -0.3 is 10.6 Å². The molecule has 0 aliphatic rings. The fourth-order valence-electron chi connectivity index (χ4n) is 2.78. The molecule has 0 bridgehead atoms. The van der Waals surface area contributed by atoms with Gasteiger partial charge in [0.15, 0.2) is 0 Å². The van der Waals surface area contributed by atoms with Crippen LogP contribution in [0.1, 0.15) is 18.1 Å². The number of hydrogen-bond donors (Lipinski definition) is 2. The summed E-state index contributed by atoms with van der Waals surface area (Å²) in [6.45, 7) is 6.01. The molecule has 122 valence electrons. The van der Waals surface area contributed by atoms with E-state index in [-0.39, 0.29) is 11.9 Å².